The lowest BCUT2D eigenvalue weighted by molar-refractivity contribution is 0.250. The molecule has 1 aliphatic carbocycles. The van der Waals surface area contributed by atoms with Crippen LogP contribution in [0.4, 0.5) is 4.79 Å². The highest BCUT2D eigenvalue weighted by Gasteiger charge is 2.28. The molecule has 0 saturated heterocycles. The summed E-state index contributed by atoms with van der Waals surface area (Å²) in [6, 6.07) is 8.62. The van der Waals surface area contributed by atoms with Crippen molar-refractivity contribution in [2.45, 2.75) is 16.2 Å². The fourth-order valence-electron chi connectivity index (χ4n) is 3.53. The molecule has 2 aromatic carbocycles. The number of aliphatic hydroxyl groups excluding tert-OH is 2. The van der Waals surface area contributed by atoms with Gasteiger partial charge < -0.3 is 10.2 Å². The Morgan fingerprint density at radius 1 is 1.03 bits per heavy atom. The number of urea groups is 1. The number of hydrogen-bond acceptors (Lipinski definition) is 7. The number of amides is 2. The van der Waals surface area contributed by atoms with Gasteiger partial charge in [0.15, 0.2) is 0 Å². The van der Waals surface area contributed by atoms with Crippen LogP contribution in [-0.4, -0.2) is 60.9 Å². The molecule has 32 heavy (non-hydrogen) atoms. The third-order valence-electron chi connectivity index (χ3n) is 4.97. The predicted octanol–water partition coefficient (Wildman–Crippen LogP) is -0.339. The maximum absolute atomic E-state index is 13.3. The molecule has 0 aromatic heterocycles. The second kappa shape index (κ2) is 8.69. The molecule has 170 valence electrons. The van der Waals surface area contributed by atoms with Crippen LogP contribution in [0, 0.1) is 0 Å². The van der Waals surface area contributed by atoms with Crippen LogP contribution in [0.1, 0.15) is 22.3 Å². The Kier molecular flexibility index (Phi) is 6.11. The molecule has 2 aromatic rings. The van der Waals surface area contributed by atoms with Crippen LogP contribution in [0.15, 0.2) is 55.7 Å². The molecule has 13 heteroatoms. The summed E-state index contributed by atoms with van der Waals surface area (Å²) < 4.78 is 47.0. The van der Waals surface area contributed by atoms with E-state index < -0.39 is 26.0 Å². The topological polar surface area (TPSA) is 170 Å². The number of fused-ring (bicyclic) bond motifs is 3. The van der Waals surface area contributed by atoms with E-state index in [1.165, 1.54) is 12.1 Å². The maximum Gasteiger partial charge on any atom is 0.370 e. The van der Waals surface area contributed by atoms with E-state index in [4.69, 9.17) is 10.2 Å². The van der Waals surface area contributed by atoms with Crippen molar-refractivity contribution in [2.24, 2.45) is 9.46 Å². The quantitative estimate of drug-likeness (QED) is 0.310. The Balaban J connectivity index is 1.86. The van der Waals surface area contributed by atoms with Gasteiger partial charge in [0.05, 0.1) is 28.7 Å². The van der Waals surface area contributed by atoms with Crippen molar-refractivity contribution in [3.05, 3.63) is 58.7 Å². The standard InChI is InChI=1S/C19H21N5O6S2/c25-7-5-20-31(28)14-3-1-12-9-13-2-4-15(32(29,30)21-6-8-26)11-17(13)18(16(12)10-14)22-23-19(27)24-31/h1-4,10-11,21,25-26H,5-9H2,(H2,20,23,24,27,28)/b22-18+. The van der Waals surface area contributed by atoms with Crippen LogP contribution >= 0.6 is 0 Å². The third kappa shape index (κ3) is 4.18. The van der Waals surface area contributed by atoms with Crippen LogP contribution in [0.3, 0.4) is 0 Å². The number of aliphatic hydroxyl groups is 2. The van der Waals surface area contributed by atoms with Crippen LogP contribution in [0.25, 0.3) is 0 Å². The van der Waals surface area contributed by atoms with Gasteiger partial charge >= 0.3 is 6.03 Å². The number of carbonyl (C=O) groups excluding carboxylic acids is 1. The summed E-state index contributed by atoms with van der Waals surface area (Å²) in [6.45, 7) is -0.799. The van der Waals surface area contributed by atoms with E-state index in [-0.39, 0.29) is 36.1 Å². The second-order valence-corrected chi connectivity index (χ2v) is 10.8. The van der Waals surface area contributed by atoms with Gasteiger partial charge in [0.25, 0.3) is 0 Å². The number of hydrogen-bond donors (Lipinski definition) is 5. The van der Waals surface area contributed by atoms with Gasteiger partial charge in [0.1, 0.15) is 9.92 Å². The Morgan fingerprint density at radius 3 is 2.44 bits per heavy atom. The van der Waals surface area contributed by atoms with Crippen LogP contribution in [0.2, 0.25) is 0 Å². The van der Waals surface area contributed by atoms with E-state index >= 15 is 0 Å². The van der Waals surface area contributed by atoms with Crippen LogP contribution in [0.5, 0.6) is 0 Å². The minimum Gasteiger partial charge on any atom is -0.395 e. The molecule has 0 radical (unpaired) electrons. The average Bonchev–Trinajstić information content (AvgIpc) is 2.82. The highest BCUT2D eigenvalue weighted by Crippen LogP contribution is 2.31. The summed E-state index contributed by atoms with van der Waals surface area (Å²) in [7, 11) is -7.23. The number of rotatable bonds is 7. The normalized spacial score (nSPS) is 21.2. The highest BCUT2D eigenvalue weighted by atomic mass is 32.2. The zero-order valence-electron chi connectivity index (χ0n) is 16.7. The Hall–Kier alpha value is -2.68. The third-order valence-corrected chi connectivity index (χ3v) is 8.34. The van der Waals surface area contributed by atoms with Gasteiger partial charge in [-0.1, -0.05) is 12.1 Å². The number of nitrogens with zero attached hydrogens (tertiary/aromatic N) is 2. The molecule has 2 amide bonds. The Bertz CT molecular complexity index is 1350. The lowest BCUT2D eigenvalue weighted by Gasteiger charge is -2.23. The molecular weight excluding hydrogens is 458 g/mol. The molecule has 1 heterocycles. The van der Waals surface area contributed by atoms with Crippen molar-refractivity contribution in [1.82, 2.24) is 14.9 Å². The SMILES string of the molecule is O=C1N=S(=O)(NCCO)c2ccc3c(c2)/C(=N\N1)c1cc(S(=O)(=O)NCCO)ccc1C3. The molecule has 11 nitrogen and oxygen atoms in total. The molecule has 0 spiro atoms. The van der Waals surface area contributed by atoms with Gasteiger partial charge in [-0.05, 0) is 41.8 Å². The van der Waals surface area contributed by atoms with Crippen molar-refractivity contribution < 1.29 is 27.6 Å². The zero-order valence-corrected chi connectivity index (χ0v) is 18.4. The minimum atomic E-state index is -3.86. The van der Waals surface area contributed by atoms with E-state index in [0.717, 1.165) is 11.1 Å². The first-order valence-electron chi connectivity index (χ1n) is 9.65. The van der Waals surface area contributed by atoms with Crippen LogP contribution < -0.4 is 14.9 Å². The summed E-state index contributed by atoms with van der Waals surface area (Å²) in [5.41, 5.74) is 5.32. The van der Waals surface area contributed by atoms with Crippen molar-refractivity contribution in [2.75, 3.05) is 26.3 Å². The zero-order chi connectivity index (χ0) is 22.9. The second-order valence-electron chi connectivity index (χ2n) is 7.05. The van der Waals surface area contributed by atoms with Gasteiger partial charge in [-0.3, -0.25) is 0 Å². The summed E-state index contributed by atoms with van der Waals surface area (Å²) in [5.74, 6) is 0. The maximum atomic E-state index is 13.3. The van der Waals surface area contributed by atoms with Crippen molar-refractivity contribution in [1.29, 1.82) is 0 Å². The van der Waals surface area contributed by atoms with Gasteiger partial charge in [-0.15, -0.1) is 4.36 Å². The fourth-order valence-corrected chi connectivity index (χ4v) is 6.08. The van der Waals surface area contributed by atoms with E-state index in [1.54, 1.807) is 24.3 Å². The molecule has 1 atom stereocenters. The Morgan fingerprint density at radius 2 is 1.72 bits per heavy atom. The molecular formula is C19H21N5O6S2. The molecule has 4 rings (SSSR count). The number of carbonyl (C=O) groups is 1. The van der Waals surface area contributed by atoms with E-state index in [0.29, 0.717) is 23.3 Å². The largest absolute Gasteiger partial charge is 0.395 e. The van der Waals surface area contributed by atoms with E-state index in [2.05, 4.69) is 24.3 Å². The summed E-state index contributed by atoms with van der Waals surface area (Å²) in [6.07, 6.45) is 0.477. The van der Waals surface area contributed by atoms with Gasteiger partial charge in [-0.25, -0.2) is 32.3 Å². The Labute approximate surface area is 184 Å². The number of benzene rings is 2. The minimum absolute atomic E-state index is 0.0173. The molecule has 1 aliphatic heterocycles. The van der Waals surface area contributed by atoms with E-state index in [9.17, 15) is 17.4 Å². The van der Waals surface area contributed by atoms with E-state index in [1.807, 2.05) is 0 Å². The average molecular weight is 480 g/mol. The van der Waals surface area contributed by atoms with Crippen molar-refractivity contribution >= 4 is 31.7 Å². The van der Waals surface area contributed by atoms with Crippen LogP contribution in [-0.2, 0) is 26.4 Å². The molecule has 2 bridgehead atoms. The predicted molar refractivity (Wildman–Crippen MR) is 116 cm³/mol. The first kappa shape index (κ1) is 22.5. The lowest BCUT2D eigenvalue weighted by Crippen LogP contribution is -2.28. The van der Waals surface area contributed by atoms with Crippen molar-refractivity contribution in [3.8, 4) is 0 Å². The summed E-state index contributed by atoms with van der Waals surface area (Å²) in [4.78, 5) is 12.5. The lowest BCUT2D eigenvalue weighted by atomic mass is 9.84. The van der Waals surface area contributed by atoms with Gasteiger partial charge in [0, 0.05) is 24.2 Å². The molecule has 1 unspecified atom stereocenters. The smallest absolute Gasteiger partial charge is 0.370 e. The summed E-state index contributed by atoms with van der Waals surface area (Å²) in [5, 5.41) is 22.2. The monoisotopic (exact) mass is 479 g/mol. The first-order valence-corrected chi connectivity index (χ1v) is 12.6. The molecule has 0 saturated carbocycles. The van der Waals surface area contributed by atoms with Gasteiger partial charge in [0.2, 0.25) is 10.0 Å². The number of hydrazone groups is 1. The molecule has 0 fully saturated rings. The molecule has 2 aliphatic rings. The molecule has 5 N–H and O–H groups in total. The number of nitrogens with one attached hydrogen (secondary N) is 3. The number of sulfonamides is 1. The van der Waals surface area contributed by atoms with Crippen molar-refractivity contribution in [3.63, 3.8) is 0 Å². The van der Waals surface area contributed by atoms with Gasteiger partial charge in [-0.2, -0.15) is 5.10 Å². The fraction of sp³-hybridized carbons (Fsp3) is 0.263. The highest BCUT2D eigenvalue weighted by molar-refractivity contribution is 7.92. The first-order chi connectivity index (χ1) is 15.3. The summed E-state index contributed by atoms with van der Waals surface area (Å²) >= 11 is 0.